The van der Waals surface area contributed by atoms with Crippen LogP contribution in [0.4, 0.5) is 24.5 Å². The number of halogens is 3. The van der Waals surface area contributed by atoms with Gasteiger partial charge in [-0.05, 0) is 43.2 Å². The van der Waals surface area contributed by atoms with Crippen molar-refractivity contribution in [2.45, 2.75) is 30.3 Å². The van der Waals surface area contributed by atoms with E-state index in [1.54, 1.807) is 24.3 Å². The standard InChI is InChI=1S/C23H24BF3N4O5S/c1-36-19-10-7-16(29-21(33)18-14-28-22(30-18)23(25,26)27)13-20(19)37(34,35)31(11-3-2-4-12-32)17-8-5-15(24)6-9-17/h5-10,12-14H,2-4,11,24H2,1H3,(H,28,30)(H,29,33). The monoisotopic (exact) mass is 536 g/mol. The van der Waals surface area contributed by atoms with Crippen molar-refractivity contribution in [2.75, 3.05) is 23.3 Å². The molecule has 0 aliphatic carbocycles. The van der Waals surface area contributed by atoms with Crippen LogP contribution >= 0.6 is 0 Å². The van der Waals surface area contributed by atoms with Crippen molar-refractivity contribution in [2.24, 2.45) is 0 Å². The predicted octanol–water partition coefficient (Wildman–Crippen LogP) is 2.51. The number of carbonyl (C=O) groups is 2. The second-order valence-electron chi connectivity index (χ2n) is 8.04. The molecule has 1 aromatic heterocycles. The first-order chi connectivity index (χ1) is 17.5. The summed E-state index contributed by atoms with van der Waals surface area (Å²) in [6, 6.07) is 10.7. The fourth-order valence-corrected chi connectivity index (χ4v) is 5.12. The van der Waals surface area contributed by atoms with Gasteiger partial charge in [0.25, 0.3) is 15.9 Å². The van der Waals surface area contributed by atoms with Crippen molar-refractivity contribution >= 4 is 46.9 Å². The molecule has 2 N–H and O–H groups in total. The number of sulfonamides is 1. The molecule has 3 rings (SSSR count). The van der Waals surface area contributed by atoms with Crippen molar-refractivity contribution in [1.29, 1.82) is 0 Å². The first kappa shape index (κ1) is 27.8. The Balaban J connectivity index is 1.96. The fourth-order valence-electron chi connectivity index (χ4n) is 3.44. The summed E-state index contributed by atoms with van der Waals surface area (Å²) >= 11 is 0. The van der Waals surface area contributed by atoms with Gasteiger partial charge in [0.1, 0.15) is 30.5 Å². The zero-order valence-electron chi connectivity index (χ0n) is 20.0. The van der Waals surface area contributed by atoms with Gasteiger partial charge < -0.3 is 19.8 Å². The molecule has 0 spiro atoms. The number of aromatic nitrogens is 2. The minimum atomic E-state index is -4.76. The van der Waals surface area contributed by atoms with Crippen LogP contribution in [0.2, 0.25) is 0 Å². The topological polar surface area (TPSA) is 121 Å². The van der Waals surface area contributed by atoms with E-state index in [9.17, 15) is 31.2 Å². The molecule has 9 nitrogen and oxygen atoms in total. The Bertz CT molecular complexity index is 1360. The number of nitrogens with one attached hydrogen (secondary N) is 2. The number of nitrogens with zero attached hydrogens (tertiary/aromatic N) is 2. The Kier molecular flexibility index (Phi) is 8.63. The normalized spacial score (nSPS) is 11.7. The number of aromatic amines is 1. The number of hydrogen-bond donors (Lipinski definition) is 2. The molecule has 0 saturated heterocycles. The number of methoxy groups -OCH3 is 1. The number of unbranched alkanes of at least 4 members (excludes halogenated alkanes) is 2. The maximum atomic E-state index is 13.8. The number of benzene rings is 2. The summed E-state index contributed by atoms with van der Waals surface area (Å²) in [5, 5.41) is 2.38. The first-order valence-electron chi connectivity index (χ1n) is 11.1. The third-order valence-electron chi connectivity index (χ3n) is 5.33. The van der Waals surface area contributed by atoms with Crippen molar-refractivity contribution < 1.29 is 35.9 Å². The molecule has 0 fully saturated rings. The number of imidazole rings is 1. The van der Waals surface area contributed by atoms with Gasteiger partial charge in [-0.15, -0.1) is 0 Å². The van der Waals surface area contributed by atoms with E-state index in [0.717, 1.165) is 17.9 Å². The van der Waals surface area contributed by atoms with Crippen molar-refractivity contribution in [3.8, 4) is 5.75 Å². The van der Waals surface area contributed by atoms with Crippen LogP contribution in [-0.4, -0.2) is 52.1 Å². The maximum Gasteiger partial charge on any atom is 0.449 e. The third-order valence-corrected chi connectivity index (χ3v) is 7.18. The second kappa shape index (κ2) is 11.5. The molecule has 0 unspecified atom stereocenters. The molecule has 196 valence electrons. The van der Waals surface area contributed by atoms with E-state index >= 15 is 0 Å². The Morgan fingerprint density at radius 3 is 2.49 bits per heavy atom. The number of hydrogen-bond acceptors (Lipinski definition) is 6. The molecule has 14 heteroatoms. The molecule has 1 heterocycles. The van der Waals surface area contributed by atoms with E-state index < -0.39 is 33.6 Å². The first-order valence-corrected chi connectivity index (χ1v) is 12.6. The molecule has 0 atom stereocenters. The minimum Gasteiger partial charge on any atom is -0.495 e. The largest absolute Gasteiger partial charge is 0.495 e. The van der Waals surface area contributed by atoms with Gasteiger partial charge in [0.2, 0.25) is 5.82 Å². The summed E-state index contributed by atoms with van der Waals surface area (Å²) in [6.07, 6.45) is -2.08. The van der Waals surface area contributed by atoms with Crippen LogP contribution in [-0.2, 0) is 21.0 Å². The number of ether oxygens (including phenoxy) is 1. The SMILES string of the molecule is Bc1ccc(N(CCCCC=O)S(=O)(=O)c2cc(NC(=O)c3cnc(C(F)(F)F)[nH]3)ccc2OC)cc1. The summed E-state index contributed by atoms with van der Waals surface area (Å²) in [7, 11) is -1.09. The summed E-state index contributed by atoms with van der Waals surface area (Å²) < 4.78 is 72.5. The number of aldehydes is 1. The Hall–Kier alpha value is -3.81. The van der Waals surface area contributed by atoms with Crippen molar-refractivity contribution in [3.05, 3.63) is 60.2 Å². The lowest BCUT2D eigenvalue weighted by molar-refractivity contribution is -0.144. The predicted molar refractivity (Wildman–Crippen MR) is 134 cm³/mol. The number of carbonyl (C=O) groups excluding carboxylic acids is 2. The van der Waals surface area contributed by atoms with E-state index in [4.69, 9.17) is 4.74 Å². The van der Waals surface area contributed by atoms with Crippen molar-refractivity contribution in [1.82, 2.24) is 9.97 Å². The van der Waals surface area contributed by atoms with Gasteiger partial charge in [0.05, 0.1) is 19.0 Å². The molecule has 0 saturated carbocycles. The van der Waals surface area contributed by atoms with Gasteiger partial charge in [-0.2, -0.15) is 13.2 Å². The van der Waals surface area contributed by atoms with E-state index in [1.165, 1.54) is 29.6 Å². The van der Waals surface area contributed by atoms with Crippen LogP contribution in [0, 0.1) is 0 Å². The van der Waals surface area contributed by atoms with Gasteiger partial charge >= 0.3 is 6.18 Å². The lowest BCUT2D eigenvalue weighted by Crippen LogP contribution is -2.32. The Morgan fingerprint density at radius 1 is 1.19 bits per heavy atom. The Labute approximate surface area is 212 Å². The van der Waals surface area contributed by atoms with Gasteiger partial charge in [-0.3, -0.25) is 9.10 Å². The zero-order valence-corrected chi connectivity index (χ0v) is 20.8. The van der Waals surface area contributed by atoms with Gasteiger partial charge in [-0.25, -0.2) is 13.4 Å². The number of anilines is 2. The molecule has 0 aliphatic heterocycles. The number of H-pyrrole nitrogens is 1. The highest BCUT2D eigenvalue weighted by molar-refractivity contribution is 7.93. The minimum absolute atomic E-state index is 0.00361. The van der Waals surface area contributed by atoms with Crippen LogP contribution in [0.25, 0.3) is 0 Å². The van der Waals surface area contributed by atoms with E-state index in [0.29, 0.717) is 18.5 Å². The average molecular weight is 536 g/mol. The molecule has 2 aromatic carbocycles. The van der Waals surface area contributed by atoms with Crippen LogP contribution in [0.3, 0.4) is 0 Å². The quantitative estimate of drug-likeness (QED) is 0.221. The van der Waals surface area contributed by atoms with Gasteiger partial charge in [-0.1, -0.05) is 17.6 Å². The third kappa shape index (κ3) is 6.70. The molecule has 0 bridgehead atoms. The van der Waals surface area contributed by atoms with Crippen LogP contribution in [0.5, 0.6) is 5.75 Å². The lowest BCUT2D eigenvalue weighted by Gasteiger charge is -2.26. The van der Waals surface area contributed by atoms with E-state index in [1.807, 2.05) is 12.8 Å². The molecule has 1 amide bonds. The molecule has 37 heavy (non-hydrogen) atoms. The molecule has 0 radical (unpaired) electrons. The second-order valence-corrected chi connectivity index (χ2v) is 9.87. The van der Waals surface area contributed by atoms with Gasteiger partial charge in [0, 0.05) is 18.7 Å². The average Bonchev–Trinajstić information content (AvgIpc) is 3.36. The highest BCUT2D eigenvalue weighted by Crippen LogP contribution is 2.33. The summed E-state index contributed by atoms with van der Waals surface area (Å²) in [5.41, 5.74) is 0.878. The lowest BCUT2D eigenvalue weighted by atomic mass is 9.96. The molecule has 0 aliphatic rings. The van der Waals surface area contributed by atoms with Gasteiger partial charge in [0.15, 0.2) is 0 Å². The highest BCUT2D eigenvalue weighted by Gasteiger charge is 2.35. The number of alkyl halides is 3. The molecular formula is C23H24BF3N4O5S. The number of rotatable bonds is 11. The highest BCUT2D eigenvalue weighted by atomic mass is 32.2. The summed E-state index contributed by atoms with van der Waals surface area (Å²) in [6.45, 7) is 0.0767. The zero-order chi connectivity index (χ0) is 27.2. The van der Waals surface area contributed by atoms with Crippen LogP contribution < -0.4 is 19.8 Å². The fraction of sp³-hybridized carbons (Fsp3) is 0.261. The smallest absolute Gasteiger partial charge is 0.449 e. The molecular weight excluding hydrogens is 512 g/mol. The molecule has 3 aromatic rings. The maximum absolute atomic E-state index is 13.8. The van der Waals surface area contributed by atoms with Crippen LogP contribution in [0.15, 0.2) is 53.6 Å². The van der Waals surface area contributed by atoms with Crippen LogP contribution in [0.1, 0.15) is 35.6 Å². The van der Waals surface area contributed by atoms with E-state index in [2.05, 4.69) is 10.3 Å². The number of amides is 1. The van der Waals surface area contributed by atoms with E-state index in [-0.39, 0.29) is 29.3 Å². The Morgan fingerprint density at radius 2 is 1.89 bits per heavy atom. The summed E-state index contributed by atoms with van der Waals surface area (Å²) in [5.74, 6) is -2.27. The summed E-state index contributed by atoms with van der Waals surface area (Å²) in [4.78, 5) is 28.0. The van der Waals surface area contributed by atoms with Crippen molar-refractivity contribution in [3.63, 3.8) is 0 Å².